The third-order valence-electron chi connectivity index (χ3n) is 3.07. The quantitative estimate of drug-likeness (QED) is 0.704. The molecule has 0 aliphatic heterocycles. The van der Waals surface area contributed by atoms with Crippen molar-refractivity contribution in [2.24, 2.45) is 0 Å². The van der Waals surface area contributed by atoms with Gasteiger partial charge in [0.25, 0.3) is 0 Å². The second-order valence-electron chi connectivity index (χ2n) is 4.70. The number of aromatic amines is 1. The molecule has 0 fully saturated rings. The molecule has 2 aromatic carbocycles. The largest absolute Gasteiger partial charge is 0.325 e. The molecule has 5 nitrogen and oxygen atoms in total. The smallest absolute Gasteiger partial charge is 0.242 e. The van der Waals surface area contributed by atoms with Crippen molar-refractivity contribution < 1.29 is 9.18 Å². The fraction of sp³-hybridized carbons (Fsp3) is 0.0625. The molecule has 1 heterocycles. The lowest BCUT2D eigenvalue weighted by molar-refractivity contribution is -0.115. The molecule has 3 aromatic rings. The van der Waals surface area contributed by atoms with Gasteiger partial charge >= 0.3 is 0 Å². The van der Waals surface area contributed by atoms with Crippen molar-refractivity contribution in [1.82, 2.24) is 15.2 Å². The van der Waals surface area contributed by atoms with Crippen LogP contribution in [-0.4, -0.2) is 21.1 Å². The number of H-pyrrole nitrogens is 1. The van der Waals surface area contributed by atoms with Crippen LogP contribution in [-0.2, 0) is 4.79 Å². The van der Waals surface area contributed by atoms with Gasteiger partial charge in [0.05, 0.1) is 0 Å². The number of aromatic nitrogens is 3. The van der Waals surface area contributed by atoms with Gasteiger partial charge in [-0.1, -0.05) is 42.1 Å². The molecule has 0 aliphatic rings. The standard InChI is InChI=1S/C16H13FN4OS/c17-12-6-8-13(9-7-12)20-15(22)14(11-4-2-1-3-5-11)23-16-18-10-19-21-16/h1-10,14H,(H,20,22)(H,18,19,21)/t14-/m0/s1. The lowest BCUT2D eigenvalue weighted by Crippen LogP contribution is -2.19. The van der Waals surface area contributed by atoms with E-state index in [4.69, 9.17) is 0 Å². The van der Waals surface area contributed by atoms with Crippen molar-refractivity contribution >= 4 is 23.4 Å². The van der Waals surface area contributed by atoms with E-state index in [0.29, 0.717) is 10.8 Å². The van der Waals surface area contributed by atoms with Crippen LogP contribution in [0.5, 0.6) is 0 Å². The molecule has 1 aromatic heterocycles. The molecule has 0 saturated carbocycles. The van der Waals surface area contributed by atoms with Crippen molar-refractivity contribution in [3.63, 3.8) is 0 Å². The minimum Gasteiger partial charge on any atom is -0.325 e. The molecule has 0 bridgehead atoms. The first-order chi connectivity index (χ1) is 11.2. The van der Waals surface area contributed by atoms with Crippen LogP contribution >= 0.6 is 11.8 Å². The summed E-state index contributed by atoms with van der Waals surface area (Å²) in [7, 11) is 0. The van der Waals surface area contributed by atoms with Crippen molar-refractivity contribution in [2.75, 3.05) is 5.32 Å². The van der Waals surface area contributed by atoms with E-state index in [9.17, 15) is 9.18 Å². The van der Waals surface area contributed by atoms with Crippen LogP contribution in [0, 0.1) is 5.82 Å². The third-order valence-corrected chi connectivity index (χ3v) is 4.22. The van der Waals surface area contributed by atoms with Gasteiger partial charge in [0.2, 0.25) is 5.91 Å². The Labute approximate surface area is 136 Å². The highest BCUT2D eigenvalue weighted by molar-refractivity contribution is 8.00. The van der Waals surface area contributed by atoms with Gasteiger partial charge in [0, 0.05) is 5.69 Å². The maximum atomic E-state index is 13.0. The first-order valence-corrected chi connectivity index (χ1v) is 7.74. The number of thioether (sulfide) groups is 1. The predicted molar refractivity (Wildman–Crippen MR) is 86.5 cm³/mol. The molecule has 0 spiro atoms. The molecule has 1 amide bonds. The summed E-state index contributed by atoms with van der Waals surface area (Å²) in [6.45, 7) is 0. The minimum atomic E-state index is -0.505. The molecule has 0 radical (unpaired) electrons. The van der Waals surface area contributed by atoms with Gasteiger partial charge < -0.3 is 5.32 Å². The van der Waals surface area contributed by atoms with Crippen LogP contribution in [0.4, 0.5) is 10.1 Å². The second kappa shape index (κ2) is 7.06. The van der Waals surface area contributed by atoms with Crippen LogP contribution < -0.4 is 5.32 Å². The van der Waals surface area contributed by atoms with E-state index >= 15 is 0 Å². The fourth-order valence-electron chi connectivity index (χ4n) is 2.00. The zero-order chi connectivity index (χ0) is 16.1. The van der Waals surface area contributed by atoms with E-state index in [1.165, 1.54) is 42.4 Å². The van der Waals surface area contributed by atoms with Crippen LogP contribution in [0.15, 0.2) is 66.1 Å². The minimum absolute atomic E-state index is 0.218. The molecule has 2 N–H and O–H groups in total. The van der Waals surface area contributed by atoms with Crippen molar-refractivity contribution in [3.8, 4) is 0 Å². The zero-order valence-electron chi connectivity index (χ0n) is 11.9. The Morgan fingerprint density at radius 3 is 2.52 bits per heavy atom. The number of rotatable bonds is 5. The number of amides is 1. The molecule has 116 valence electrons. The first-order valence-electron chi connectivity index (χ1n) is 6.86. The van der Waals surface area contributed by atoms with Crippen molar-refractivity contribution in [1.29, 1.82) is 0 Å². The number of nitrogens with zero attached hydrogens (tertiary/aromatic N) is 2. The van der Waals surface area contributed by atoms with Crippen LogP contribution in [0.2, 0.25) is 0 Å². The van der Waals surface area contributed by atoms with Gasteiger partial charge in [0.15, 0.2) is 5.16 Å². The van der Waals surface area contributed by atoms with Crippen LogP contribution in [0.3, 0.4) is 0 Å². The van der Waals surface area contributed by atoms with Gasteiger partial charge in [-0.2, -0.15) is 5.10 Å². The maximum absolute atomic E-state index is 13.0. The molecule has 1 atom stereocenters. The summed E-state index contributed by atoms with van der Waals surface area (Å²) in [6, 6.07) is 15.0. The Hall–Kier alpha value is -2.67. The molecular weight excluding hydrogens is 315 g/mol. The lowest BCUT2D eigenvalue weighted by atomic mass is 10.1. The summed E-state index contributed by atoms with van der Waals surface area (Å²) in [4.78, 5) is 16.7. The Kier molecular flexibility index (Phi) is 4.68. The second-order valence-corrected chi connectivity index (χ2v) is 5.79. The van der Waals surface area contributed by atoms with Gasteiger partial charge in [-0.05, 0) is 29.8 Å². The number of anilines is 1. The molecular formula is C16H13FN4OS. The van der Waals surface area contributed by atoms with Gasteiger partial charge in [-0.15, -0.1) is 0 Å². The predicted octanol–water partition coefficient (Wildman–Crippen LogP) is 3.42. The summed E-state index contributed by atoms with van der Waals surface area (Å²) >= 11 is 1.26. The molecule has 3 rings (SSSR count). The monoisotopic (exact) mass is 328 g/mol. The number of carbonyl (C=O) groups excluding carboxylic acids is 1. The maximum Gasteiger partial charge on any atom is 0.242 e. The highest BCUT2D eigenvalue weighted by Gasteiger charge is 2.23. The first kappa shape index (κ1) is 15.2. The molecule has 0 aliphatic carbocycles. The Morgan fingerprint density at radius 1 is 1.13 bits per heavy atom. The number of carbonyl (C=O) groups is 1. The average Bonchev–Trinajstić information content (AvgIpc) is 3.09. The van der Waals surface area contributed by atoms with Crippen LogP contribution in [0.25, 0.3) is 0 Å². The van der Waals surface area contributed by atoms with E-state index in [1.807, 2.05) is 30.3 Å². The zero-order valence-corrected chi connectivity index (χ0v) is 12.8. The number of nitrogens with one attached hydrogen (secondary N) is 2. The Bertz CT molecular complexity index is 763. The Morgan fingerprint density at radius 2 is 1.87 bits per heavy atom. The van der Waals surface area contributed by atoms with E-state index in [1.54, 1.807) is 0 Å². The fourth-order valence-corrected chi connectivity index (χ4v) is 2.90. The Balaban J connectivity index is 1.82. The average molecular weight is 328 g/mol. The van der Waals surface area contributed by atoms with Gasteiger partial charge in [-0.25, -0.2) is 9.37 Å². The van der Waals surface area contributed by atoms with E-state index < -0.39 is 5.25 Å². The summed E-state index contributed by atoms with van der Waals surface area (Å²) in [5.74, 6) is -0.567. The van der Waals surface area contributed by atoms with E-state index in [0.717, 1.165) is 5.56 Å². The van der Waals surface area contributed by atoms with Gasteiger partial charge in [-0.3, -0.25) is 9.89 Å². The number of halogens is 1. The molecule has 7 heteroatoms. The molecule has 0 saturated heterocycles. The highest BCUT2D eigenvalue weighted by Crippen LogP contribution is 2.34. The third kappa shape index (κ3) is 3.95. The topological polar surface area (TPSA) is 70.7 Å². The summed E-state index contributed by atoms with van der Waals surface area (Å²) in [6.07, 6.45) is 1.39. The van der Waals surface area contributed by atoms with Gasteiger partial charge in [0.1, 0.15) is 17.4 Å². The van der Waals surface area contributed by atoms with Crippen molar-refractivity contribution in [2.45, 2.75) is 10.4 Å². The highest BCUT2D eigenvalue weighted by atomic mass is 32.2. The summed E-state index contributed by atoms with van der Waals surface area (Å²) < 4.78 is 13.0. The SMILES string of the molecule is O=C(Nc1ccc(F)cc1)[C@@H](Sc1ncn[nH]1)c1ccccc1. The number of hydrogen-bond acceptors (Lipinski definition) is 4. The van der Waals surface area contributed by atoms with Crippen LogP contribution in [0.1, 0.15) is 10.8 Å². The number of hydrogen-bond donors (Lipinski definition) is 2. The van der Waals surface area contributed by atoms with Crippen molar-refractivity contribution in [3.05, 3.63) is 72.3 Å². The lowest BCUT2D eigenvalue weighted by Gasteiger charge is -2.15. The molecule has 23 heavy (non-hydrogen) atoms. The molecule has 0 unspecified atom stereocenters. The summed E-state index contributed by atoms with van der Waals surface area (Å²) in [5, 5.41) is 9.36. The van der Waals surface area contributed by atoms with E-state index in [-0.39, 0.29) is 11.7 Å². The number of benzene rings is 2. The van der Waals surface area contributed by atoms with E-state index in [2.05, 4.69) is 20.5 Å². The normalized spacial score (nSPS) is 11.9. The summed E-state index contributed by atoms with van der Waals surface area (Å²) in [5.41, 5.74) is 1.38.